The van der Waals surface area contributed by atoms with Crippen LogP contribution in [0.5, 0.6) is 0 Å². The van der Waals surface area contributed by atoms with Crippen LogP contribution in [-0.4, -0.2) is 27.9 Å². The quantitative estimate of drug-likeness (QED) is 0.717. The summed E-state index contributed by atoms with van der Waals surface area (Å²) in [6.45, 7) is 2.80. The van der Waals surface area contributed by atoms with Gasteiger partial charge in [-0.15, -0.1) is 10.2 Å². The Hall–Kier alpha value is -1.60. The number of nitrogens with zero attached hydrogens (tertiary/aromatic N) is 2. The van der Waals surface area contributed by atoms with Gasteiger partial charge in [-0.2, -0.15) is 0 Å². The van der Waals surface area contributed by atoms with Crippen LogP contribution in [-0.2, 0) is 11.3 Å². The molecule has 1 aromatic heterocycles. The van der Waals surface area contributed by atoms with E-state index in [1.54, 1.807) is 0 Å². The predicted molar refractivity (Wildman–Crippen MR) is 94.7 cm³/mol. The average Bonchev–Trinajstić information content (AvgIpc) is 3.32. The van der Waals surface area contributed by atoms with E-state index in [0.29, 0.717) is 17.7 Å². The van der Waals surface area contributed by atoms with Crippen LogP contribution in [0.3, 0.4) is 0 Å². The van der Waals surface area contributed by atoms with E-state index in [2.05, 4.69) is 39.9 Å². The largest absolute Gasteiger partial charge is 0.356 e. The molecule has 0 aliphatic heterocycles. The normalized spacial score (nSPS) is 15.2. The zero-order valence-electron chi connectivity index (χ0n) is 13.0. The third kappa shape index (κ3) is 5.21. The van der Waals surface area contributed by atoms with Gasteiger partial charge < -0.3 is 10.6 Å². The van der Waals surface area contributed by atoms with Crippen LogP contribution in [0.1, 0.15) is 25.3 Å². The SMILES string of the molecule is C[C@H](NC(=O)CSc1nnc(NCc2ccccc2)s1)C1CC1. The Bertz CT molecular complexity index is 643. The van der Waals surface area contributed by atoms with E-state index in [0.717, 1.165) is 16.0 Å². The fourth-order valence-electron chi connectivity index (χ4n) is 2.25. The first-order chi connectivity index (χ1) is 11.2. The van der Waals surface area contributed by atoms with Crippen LogP contribution in [0.4, 0.5) is 5.13 Å². The summed E-state index contributed by atoms with van der Waals surface area (Å²) in [6, 6.07) is 10.4. The Labute approximate surface area is 144 Å². The van der Waals surface area contributed by atoms with Crippen molar-refractivity contribution in [2.24, 2.45) is 5.92 Å². The van der Waals surface area contributed by atoms with Gasteiger partial charge in [0.15, 0.2) is 4.34 Å². The highest BCUT2D eigenvalue weighted by atomic mass is 32.2. The molecule has 23 heavy (non-hydrogen) atoms. The number of aromatic nitrogens is 2. The molecule has 1 heterocycles. The van der Waals surface area contributed by atoms with Gasteiger partial charge in [-0.3, -0.25) is 4.79 Å². The van der Waals surface area contributed by atoms with Crippen molar-refractivity contribution < 1.29 is 4.79 Å². The molecular weight excluding hydrogens is 328 g/mol. The molecule has 0 radical (unpaired) electrons. The average molecular weight is 348 g/mol. The number of amides is 1. The second-order valence-corrected chi connectivity index (χ2v) is 7.89. The lowest BCUT2D eigenvalue weighted by molar-refractivity contribution is -0.119. The molecule has 1 aliphatic rings. The molecule has 5 nitrogen and oxygen atoms in total. The summed E-state index contributed by atoms with van der Waals surface area (Å²) in [5.74, 6) is 1.15. The lowest BCUT2D eigenvalue weighted by Gasteiger charge is -2.11. The van der Waals surface area contributed by atoms with E-state index in [4.69, 9.17) is 0 Å². The summed E-state index contributed by atoms with van der Waals surface area (Å²) in [5.41, 5.74) is 1.20. The van der Waals surface area contributed by atoms with Crippen molar-refractivity contribution in [2.75, 3.05) is 11.1 Å². The molecule has 0 spiro atoms. The van der Waals surface area contributed by atoms with Crippen LogP contribution >= 0.6 is 23.1 Å². The number of carbonyl (C=O) groups is 1. The highest BCUT2D eigenvalue weighted by Crippen LogP contribution is 2.32. The third-order valence-electron chi connectivity index (χ3n) is 3.74. The molecule has 1 aromatic carbocycles. The second-order valence-electron chi connectivity index (χ2n) is 5.69. The smallest absolute Gasteiger partial charge is 0.230 e. The van der Waals surface area contributed by atoms with Gasteiger partial charge in [0.2, 0.25) is 11.0 Å². The van der Waals surface area contributed by atoms with Gasteiger partial charge in [-0.1, -0.05) is 53.4 Å². The van der Waals surface area contributed by atoms with Crippen molar-refractivity contribution in [1.82, 2.24) is 15.5 Å². The Balaban J connectivity index is 1.41. The van der Waals surface area contributed by atoms with Crippen LogP contribution in [0.2, 0.25) is 0 Å². The maximum Gasteiger partial charge on any atom is 0.230 e. The third-order valence-corrected chi connectivity index (χ3v) is 5.75. The highest BCUT2D eigenvalue weighted by Gasteiger charge is 2.28. The maximum absolute atomic E-state index is 11.9. The van der Waals surface area contributed by atoms with E-state index in [-0.39, 0.29) is 5.91 Å². The maximum atomic E-state index is 11.9. The van der Waals surface area contributed by atoms with Crippen LogP contribution in [0.25, 0.3) is 0 Å². The van der Waals surface area contributed by atoms with Crippen molar-refractivity contribution in [1.29, 1.82) is 0 Å². The van der Waals surface area contributed by atoms with Gasteiger partial charge in [0.1, 0.15) is 0 Å². The molecule has 2 N–H and O–H groups in total. The van der Waals surface area contributed by atoms with Crippen molar-refractivity contribution in [3.8, 4) is 0 Å². The molecule has 0 bridgehead atoms. The molecular formula is C16H20N4OS2. The number of thioether (sulfide) groups is 1. The van der Waals surface area contributed by atoms with Gasteiger partial charge in [-0.05, 0) is 31.2 Å². The fraction of sp³-hybridized carbons (Fsp3) is 0.438. The van der Waals surface area contributed by atoms with Crippen molar-refractivity contribution in [3.05, 3.63) is 35.9 Å². The molecule has 122 valence electrons. The zero-order chi connectivity index (χ0) is 16.1. The van der Waals surface area contributed by atoms with E-state index < -0.39 is 0 Å². The summed E-state index contributed by atoms with van der Waals surface area (Å²) in [7, 11) is 0. The lowest BCUT2D eigenvalue weighted by Crippen LogP contribution is -2.35. The second kappa shape index (κ2) is 7.79. The van der Waals surface area contributed by atoms with Gasteiger partial charge in [-0.25, -0.2) is 0 Å². The van der Waals surface area contributed by atoms with Crippen LogP contribution < -0.4 is 10.6 Å². The fourth-order valence-corrected chi connectivity index (χ4v) is 3.81. The Morgan fingerprint density at radius 3 is 2.87 bits per heavy atom. The number of anilines is 1. The number of carbonyl (C=O) groups excluding carboxylic acids is 1. The van der Waals surface area contributed by atoms with Crippen LogP contribution in [0.15, 0.2) is 34.7 Å². The summed E-state index contributed by atoms with van der Waals surface area (Å²) in [4.78, 5) is 11.9. The topological polar surface area (TPSA) is 66.9 Å². The monoisotopic (exact) mass is 348 g/mol. The summed E-state index contributed by atoms with van der Waals surface area (Å²) in [6.07, 6.45) is 2.48. The Morgan fingerprint density at radius 1 is 1.35 bits per heavy atom. The molecule has 7 heteroatoms. The van der Waals surface area contributed by atoms with E-state index in [1.165, 1.54) is 41.5 Å². The number of nitrogens with one attached hydrogen (secondary N) is 2. The van der Waals surface area contributed by atoms with E-state index in [1.807, 2.05) is 18.2 Å². The minimum Gasteiger partial charge on any atom is -0.356 e. The Kier molecular flexibility index (Phi) is 5.51. The molecule has 0 unspecified atom stereocenters. The predicted octanol–water partition coefficient (Wildman–Crippen LogP) is 3.16. The minimum absolute atomic E-state index is 0.0726. The number of benzene rings is 1. The number of rotatable bonds is 8. The van der Waals surface area contributed by atoms with Crippen molar-refractivity contribution in [3.63, 3.8) is 0 Å². The van der Waals surface area contributed by atoms with Gasteiger partial charge in [0.05, 0.1) is 5.75 Å². The summed E-state index contributed by atoms with van der Waals surface area (Å²) < 4.78 is 0.815. The lowest BCUT2D eigenvalue weighted by atomic mass is 10.2. The van der Waals surface area contributed by atoms with Crippen molar-refractivity contribution in [2.45, 2.75) is 36.7 Å². The van der Waals surface area contributed by atoms with Crippen LogP contribution in [0, 0.1) is 5.92 Å². The first-order valence-electron chi connectivity index (χ1n) is 7.74. The molecule has 1 saturated carbocycles. The van der Waals surface area contributed by atoms with Gasteiger partial charge in [0, 0.05) is 12.6 Å². The minimum atomic E-state index is 0.0726. The van der Waals surface area contributed by atoms with E-state index in [9.17, 15) is 4.79 Å². The molecule has 0 saturated heterocycles. The Morgan fingerprint density at radius 2 is 2.13 bits per heavy atom. The number of hydrogen-bond acceptors (Lipinski definition) is 6. The molecule has 2 aromatic rings. The van der Waals surface area contributed by atoms with Gasteiger partial charge in [0.25, 0.3) is 0 Å². The van der Waals surface area contributed by atoms with Crippen molar-refractivity contribution >= 4 is 34.1 Å². The highest BCUT2D eigenvalue weighted by molar-refractivity contribution is 8.01. The molecule has 1 atom stereocenters. The van der Waals surface area contributed by atoms with E-state index >= 15 is 0 Å². The number of hydrogen-bond donors (Lipinski definition) is 2. The molecule has 3 rings (SSSR count). The zero-order valence-corrected chi connectivity index (χ0v) is 14.6. The first kappa shape index (κ1) is 16.3. The van der Waals surface area contributed by atoms with Gasteiger partial charge >= 0.3 is 0 Å². The first-order valence-corrected chi connectivity index (χ1v) is 9.54. The molecule has 1 aliphatic carbocycles. The summed E-state index contributed by atoms with van der Waals surface area (Å²) >= 11 is 2.92. The molecule has 1 fully saturated rings. The molecule has 1 amide bonds. The standard InChI is InChI=1S/C16H20N4OS2/c1-11(13-7-8-13)18-14(21)10-22-16-20-19-15(23-16)17-9-12-5-3-2-4-6-12/h2-6,11,13H,7-10H2,1H3,(H,17,19)(H,18,21)/t11-/m0/s1. The summed E-state index contributed by atoms with van der Waals surface area (Å²) in [5, 5.41) is 15.3.